The zero-order valence-corrected chi connectivity index (χ0v) is 12.3. The van der Waals surface area contributed by atoms with Gasteiger partial charge in [0.2, 0.25) is 0 Å². The summed E-state index contributed by atoms with van der Waals surface area (Å²) in [4.78, 5) is 18.2. The van der Waals surface area contributed by atoms with Crippen LogP contribution in [-0.2, 0) is 4.74 Å². The molecule has 0 aliphatic carbocycles. The molecule has 0 saturated carbocycles. The molecule has 1 amide bonds. The molecule has 1 aliphatic rings. The Morgan fingerprint density at radius 2 is 2.15 bits per heavy atom. The van der Waals surface area contributed by atoms with Gasteiger partial charge in [-0.05, 0) is 24.5 Å². The van der Waals surface area contributed by atoms with Gasteiger partial charge in [0.05, 0.1) is 25.1 Å². The normalized spacial score (nSPS) is 15.4. The smallest absolute Gasteiger partial charge is 0.272 e. The van der Waals surface area contributed by atoms with Crippen molar-refractivity contribution in [3.05, 3.63) is 24.0 Å². The summed E-state index contributed by atoms with van der Waals surface area (Å²) in [6.45, 7) is 7.84. The third kappa shape index (κ3) is 4.20. The van der Waals surface area contributed by atoms with Crippen LogP contribution in [0.15, 0.2) is 18.3 Å². The lowest BCUT2D eigenvalue weighted by Crippen LogP contribution is -2.41. The maximum absolute atomic E-state index is 12.2. The van der Waals surface area contributed by atoms with Gasteiger partial charge in [0.1, 0.15) is 5.69 Å². The molecule has 2 rings (SSSR count). The number of nitrogens with one attached hydrogen (secondary N) is 1. The van der Waals surface area contributed by atoms with E-state index in [2.05, 4.69) is 24.1 Å². The molecule has 5 nitrogen and oxygen atoms in total. The van der Waals surface area contributed by atoms with Crippen LogP contribution in [0.25, 0.3) is 0 Å². The average Bonchev–Trinajstić information content (AvgIpc) is 2.48. The molecule has 1 fully saturated rings. The van der Waals surface area contributed by atoms with E-state index in [0.29, 0.717) is 37.9 Å². The van der Waals surface area contributed by atoms with Gasteiger partial charge in [0.25, 0.3) is 5.91 Å². The van der Waals surface area contributed by atoms with Gasteiger partial charge in [-0.3, -0.25) is 4.79 Å². The number of ether oxygens (including phenoxy) is 1. The molecule has 0 radical (unpaired) electrons. The summed E-state index contributed by atoms with van der Waals surface area (Å²) in [5.74, 6) is 0.666. The highest BCUT2D eigenvalue weighted by molar-refractivity contribution is 5.92. The number of amides is 1. The Labute approximate surface area is 120 Å². The topological polar surface area (TPSA) is 54.5 Å². The second-order valence-electron chi connectivity index (χ2n) is 5.45. The van der Waals surface area contributed by atoms with E-state index in [1.807, 2.05) is 6.07 Å². The Morgan fingerprint density at radius 3 is 2.75 bits per heavy atom. The first-order chi connectivity index (χ1) is 9.66. The van der Waals surface area contributed by atoms with Crippen molar-refractivity contribution in [1.29, 1.82) is 0 Å². The van der Waals surface area contributed by atoms with Crippen LogP contribution in [0.1, 0.15) is 30.8 Å². The van der Waals surface area contributed by atoms with Crippen LogP contribution in [0, 0.1) is 5.92 Å². The van der Waals surface area contributed by atoms with Crippen molar-refractivity contribution in [1.82, 2.24) is 9.88 Å². The van der Waals surface area contributed by atoms with Crippen molar-refractivity contribution in [2.75, 3.05) is 38.2 Å². The highest BCUT2D eigenvalue weighted by Crippen LogP contribution is 2.10. The van der Waals surface area contributed by atoms with Gasteiger partial charge in [-0.15, -0.1) is 0 Å². The first-order valence-corrected chi connectivity index (χ1v) is 7.24. The van der Waals surface area contributed by atoms with Gasteiger partial charge in [-0.1, -0.05) is 13.8 Å². The number of pyridine rings is 1. The van der Waals surface area contributed by atoms with Crippen LogP contribution in [0.4, 0.5) is 5.69 Å². The molecular formula is C15H23N3O2. The fourth-order valence-corrected chi connectivity index (χ4v) is 2.06. The average molecular weight is 277 g/mol. The lowest BCUT2D eigenvalue weighted by molar-refractivity contribution is 0.0299. The van der Waals surface area contributed by atoms with Crippen molar-refractivity contribution in [3.63, 3.8) is 0 Å². The number of aromatic nitrogens is 1. The first-order valence-electron chi connectivity index (χ1n) is 7.24. The SMILES string of the molecule is CC(C)CCNc1ccc(C(=O)N2CCOCC2)nc1. The van der Waals surface area contributed by atoms with E-state index in [1.54, 1.807) is 17.2 Å². The lowest BCUT2D eigenvalue weighted by Gasteiger charge is -2.26. The number of rotatable bonds is 5. The fraction of sp³-hybridized carbons (Fsp3) is 0.600. The number of carbonyl (C=O) groups is 1. The quantitative estimate of drug-likeness (QED) is 0.894. The van der Waals surface area contributed by atoms with Crippen molar-refractivity contribution in [2.24, 2.45) is 5.92 Å². The van der Waals surface area contributed by atoms with Crippen LogP contribution in [0.2, 0.25) is 0 Å². The number of hydrogen-bond donors (Lipinski definition) is 1. The van der Waals surface area contributed by atoms with Crippen LogP contribution >= 0.6 is 0 Å². The molecule has 0 bridgehead atoms. The summed E-state index contributed by atoms with van der Waals surface area (Å²) >= 11 is 0. The molecule has 1 N–H and O–H groups in total. The van der Waals surface area contributed by atoms with Crippen LogP contribution < -0.4 is 5.32 Å². The molecule has 1 aromatic rings. The Balaban J connectivity index is 1.88. The van der Waals surface area contributed by atoms with Crippen molar-refractivity contribution >= 4 is 11.6 Å². The molecule has 0 aromatic carbocycles. The van der Waals surface area contributed by atoms with E-state index >= 15 is 0 Å². The minimum atomic E-state index is -0.0120. The third-order valence-corrected chi connectivity index (χ3v) is 3.33. The summed E-state index contributed by atoms with van der Waals surface area (Å²) < 4.78 is 5.24. The van der Waals surface area contributed by atoms with E-state index in [1.165, 1.54) is 0 Å². The van der Waals surface area contributed by atoms with Crippen molar-refractivity contribution in [3.8, 4) is 0 Å². The van der Waals surface area contributed by atoms with E-state index in [9.17, 15) is 4.79 Å². The Hall–Kier alpha value is -1.62. The minimum Gasteiger partial charge on any atom is -0.384 e. The van der Waals surface area contributed by atoms with Gasteiger partial charge in [-0.25, -0.2) is 4.98 Å². The molecule has 0 atom stereocenters. The summed E-state index contributed by atoms with van der Waals surface area (Å²) in [5.41, 5.74) is 1.46. The monoisotopic (exact) mass is 277 g/mol. The highest BCUT2D eigenvalue weighted by Gasteiger charge is 2.19. The molecular weight excluding hydrogens is 254 g/mol. The Bertz CT molecular complexity index is 425. The van der Waals surface area contributed by atoms with Gasteiger partial charge < -0.3 is 15.0 Å². The zero-order valence-electron chi connectivity index (χ0n) is 12.3. The van der Waals surface area contributed by atoms with Crippen LogP contribution in [-0.4, -0.2) is 48.6 Å². The molecule has 1 aromatic heterocycles. The summed E-state index contributed by atoms with van der Waals surface area (Å²) in [6.07, 6.45) is 2.85. The van der Waals surface area contributed by atoms with Crippen LogP contribution in [0.5, 0.6) is 0 Å². The lowest BCUT2D eigenvalue weighted by atomic mass is 10.1. The fourth-order valence-electron chi connectivity index (χ4n) is 2.06. The number of hydrogen-bond acceptors (Lipinski definition) is 4. The summed E-state index contributed by atoms with van der Waals surface area (Å²) in [6, 6.07) is 3.70. The highest BCUT2D eigenvalue weighted by atomic mass is 16.5. The second kappa shape index (κ2) is 7.24. The zero-order chi connectivity index (χ0) is 14.4. The molecule has 2 heterocycles. The first kappa shape index (κ1) is 14.8. The molecule has 1 saturated heterocycles. The van der Waals surface area contributed by atoms with E-state index < -0.39 is 0 Å². The molecule has 110 valence electrons. The molecule has 20 heavy (non-hydrogen) atoms. The van der Waals surface area contributed by atoms with E-state index in [4.69, 9.17) is 4.74 Å². The standard InChI is InChI=1S/C15H23N3O2/c1-12(2)5-6-16-13-3-4-14(17-11-13)15(19)18-7-9-20-10-8-18/h3-4,11-12,16H,5-10H2,1-2H3. The predicted molar refractivity (Wildman–Crippen MR) is 78.9 cm³/mol. The Kier molecular flexibility index (Phi) is 5.35. The molecule has 1 aliphatic heterocycles. The van der Waals surface area contributed by atoms with Gasteiger partial charge >= 0.3 is 0 Å². The molecule has 0 unspecified atom stereocenters. The second-order valence-corrected chi connectivity index (χ2v) is 5.45. The van der Waals surface area contributed by atoms with Gasteiger partial charge in [0, 0.05) is 19.6 Å². The van der Waals surface area contributed by atoms with Crippen LogP contribution in [0.3, 0.4) is 0 Å². The largest absolute Gasteiger partial charge is 0.384 e. The van der Waals surface area contributed by atoms with E-state index in [0.717, 1.165) is 18.7 Å². The third-order valence-electron chi connectivity index (χ3n) is 3.33. The maximum Gasteiger partial charge on any atom is 0.272 e. The molecule has 0 spiro atoms. The number of morpholine rings is 1. The predicted octanol–water partition coefficient (Wildman–Crippen LogP) is 2.01. The number of nitrogens with zero attached hydrogens (tertiary/aromatic N) is 2. The number of anilines is 1. The minimum absolute atomic E-state index is 0.0120. The van der Waals surface area contributed by atoms with Gasteiger partial charge in [-0.2, -0.15) is 0 Å². The van der Waals surface area contributed by atoms with Gasteiger partial charge in [0.15, 0.2) is 0 Å². The maximum atomic E-state index is 12.2. The van der Waals surface area contributed by atoms with Crippen molar-refractivity contribution < 1.29 is 9.53 Å². The van der Waals surface area contributed by atoms with Crippen molar-refractivity contribution in [2.45, 2.75) is 20.3 Å². The summed E-state index contributed by atoms with van der Waals surface area (Å²) in [5, 5.41) is 3.31. The summed E-state index contributed by atoms with van der Waals surface area (Å²) in [7, 11) is 0. The van der Waals surface area contributed by atoms with E-state index in [-0.39, 0.29) is 5.91 Å². The molecule has 5 heteroatoms. The Morgan fingerprint density at radius 1 is 1.40 bits per heavy atom. The number of carbonyl (C=O) groups excluding carboxylic acids is 1.